The van der Waals surface area contributed by atoms with Crippen molar-refractivity contribution >= 4 is 33.0 Å². The van der Waals surface area contributed by atoms with E-state index in [4.69, 9.17) is 0 Å². The predicted molar refractivity (Wildman–Crippen MR) is 109 cm³/mol. The van der Waals surface area contributed by atoms with Gasteiger partial charge in [-0.3, -0.25) is 4.90 Å². The first kappa shape index (κ1) is 17.3. The topological polar surface area (TPSA) is 48.7 Å². The van der Waals surface area contributed by atoms with Gasteiger partial charge in [-0.1, -0.05) is 18.2 Å². The molecule has 1 N–H and O–H groups in total. The molecule has 136 valence electrons. The quantitative estimate of drug-likeness (QED) is 0.694. The Morgan fingerprint density at radius 1 is 1.15 bits per heavy atom. The smallest absolute Gasteiger partial charge is 0.153 e. The molecule has 0 bridgehead atoms. The Balaban J connectivity index is 1.34. The average molecular weight is 415 g/mol. The highest BCUT2D eigenvalue weighted by Gasteiger charge is 2.19. The Morgan fingerprint density at radius 3 is 2.69 bits per heavy atom. The third-order valence-electron chi connectivity index (χ3n) is 4.80. The molecular weight excluding hydrogens is 392 g/mol. The van der Waals surface area contributed by atoms with Crippen molar-refractivity contribution in [2.45, 2.75) is 13.0 Å². The first-order valence-corrected chi connectivity index (χ1v) is 9.77. The Bertz CT molecular complexity index is 857. The maximum absolute atomic E-state index is 4.50. The van der Waals surface area contributed by atoms with Crippen molar-refractivity contribution in [3.8, 4) is 0 Å². The zero-order valence-corrected chi connectivity index (χ0v) is 16.4. The van der Waals surface area contributed by atoms with Gasteiger partial charge in [0.2, 0.25) is 0 Å². The molecule has 1 unspecified atom stereocenters. The lowest BCUT2D eigenvalue weighted by Gasteiger charge is -2.37. The van der Waals surface area contributed by atoms with Crippen molar-refractivity contribution in [2.75, 3.05) is 42.9 Å². The molecule has 1 aliphatic heterocycles. The first-order valence-electron chi connectivity index (χ1n) is 8.97. The fourth-order valence-corrected chi connectivity index (χ4v) is 3.97. The van der Waals surface area contributed by atoms with Crippen LogP contribution in [0.1, 0.15) is 6.92 Å². The van der Waals surface area contributed by atoms with E-state index in [9.17, 15) is 0 Å². The second-order valence-corrected chi connectivity index (χ2v) is 7.58. The largest absolute Gasteiger partial charge is 0.369 e. The third kappa shape index (κ3) is 3.68. The summed E-state index contributed by atoms with van der Waals surface area (Å²) in [6.07, 6.45) is 5.44. The lowest BCUT2D eigenvalue weighted by atomic mass is 10.2. The van der Waals surface area contributed by atoms with Crippen LogP contribution in [0.2, 0.25) is 0 Å². The number of para-hydroxylation sites is 1. The number of fused-ring (bicyclic) bond motifs is 1. The molecule has 1 saturated heterocycles. The number of nitrogens with one attached hydrogen (secondary N) is 1. The molecule has 0 spiro atoms. The molecule has 6 nitrogen and oxygen atoms in total. The maximum atomic E-state index is 4.50. The van der Waals surface area contributed by atoms with Crippen molar-refractivity contribution in [3.05, 3.63) is 53.4 Å². The van der Waals surface area contributed by atoms with Gasteiger partial charge in [-0.05, 0) is 35.0 Å². The van der Waals surface area contributed by atoms with E-state index in [0.29, 0.717) is 6.04 Å². The lowest BCUT2D eigenvalue weighted by molar-refractivity contribution is 0.251. The summed E-state index contributed by atoms with van der Waals surface area (Å²) in [5.41, 5.74) is 2.30. The molecular formula is C19H23BrN6. The normalized spacial score (nSPS) is 16.8. The van der Waals surface area contributed by atoms with Gasteiger partial charge in [0.05, 0.1) is 10.7 Å². The van der Waals surface area contributed by atoms with Gasteiger partial charge >= 0.3 is 0 Å². The highest BCUT2D eigenvalue weighted by atomic mass is 79.9. The van der Waals surface area contributed by atoms with Crippen LogP contribution in [0.3, 0.4) is 0 Å². The van der Waals surface area contributed by atoms with Crippen LogP contribution in [0.25, 0.3) is 5.52 Å². The zero-order chi connectivity index (χ0) is 17.9. The van der Waals surface area contributed by atoms with Gasteiger partial charge in [-0.15, -0.1) is 0 Å². The van der Waals surface area contributed by atoms with Gasteiger partial charge in [0.15, 0.2) is 5.82 Å². The second kappa shape index (κ2) is 7.63. The van der Waals surface area contributed by atoms with Crippen molar-refractivity contribution in [3.63, 3.8) is 0 Å². The summed E-state index contributed by atoms with van der Waals surface area (Å²) in [5.74, 6) is 0.868. The van der Waals surface area contributed by atoms with Crippen LogP contribution in [0.5, 0.6) is 0 Å². The van der Waals surface area contributed by atoms with Crippen LogP contribution in [0, 0.1) is 0 Å². The predicted octanol–water partition coefficient (Wildman–Crippen LogP) is 3.11. The van der Waals surface area contributed by atoms with Gasteiger partial charge in [0.1, 0.15) is 5.52 Å². The molecule has 0 aliphatic carbocycles. The molecule has 0 saturated carbocycles. The summed E-state index contributed by atoms with van der Waals surface area (Å²) >= 11 is 3.56. The van der Waals surface area contributed by atoms with E-state index in [0.717, 1.165) is 48.5 Å². The fraction of sp³-hybridized carbons (Fsp3) is 0.368. The zero-order valence-electron chi connectivity index (χ0n) is 14.8. The Labute approximate surface area is 162 Å². The number of anilines is 2. The minimum Gasteiger partial charge on any atom is -0.369 e. The number of aromatic nitrogens is 3. The molecule has 1 aromatic carbocycles. The fourth-order valence-electron chi connectivity index (χ4n) is 3.51. The molecule has 2 aromatic heterocycles. The molecule has 0 radical (unpaired) electrons. The molecule has 4 rings (SSSR count). The van der Waals surface area contributed by atoms with E-state index in [1.807, 2.05) is 10.7 Å². The summed E-state index contributed by atoms with van der Waals surface area (Å²) in [6, 6.07) is 11.0. The first-order chi connectivity index (χ1) is 12.7. The minimum atomic E-state index is 0.304. The van der Waals surface area contributed by atoms with Gasteiger partial charge in [-0.25, -0.2) is 9.50 Å². The molecule has 7 heteroatoms. The van der Waals surface area contributed by atoms with E-state index in [1.54, 1.807) is 12.4 Å². The third-order valence-corrected chi connectivity index (χ3v) is 5.38. The number of rotatable bonds is 5. The number of hydrogen-bond donors (Lipinski definition) is 1. The number of benzene rings is 1. The van der Waals surface area contributed by atoms with Gasteiger partial charge < -0.3 is 10.2 Å². The van der Waals surface area contributed by atoms with E-state index < -0.39 is 0 Å². The monoisotopic (exact) mass is 414 g/mol. The highest BCUT2D eigenvalue weighted by Crippen LogP contribution is 2.24. The number of piperazine rings is 1. The van der Waals surface area contributed by atoms with Crippen molar-refractivity contribution in [1.29, 1.82) is 0 Å². The highest BCUT2D eigenvalue weighted by molar-refractivity contribution is 9.10. The van der Waals surface area contributed by atoms with Crippen LogP contribution in [0.15, 0.2) is 53.4 Å². The average Bonchev–Trinajstić information content (AvgIpc) is 3.05. The summed E-state index contributed by atoms with van der Waals surface area (Å²) in [7, 11) is 0. The summed E-state index contributed by atoms with van der Waals surface area (Å²) in [5, 5.41) is 7.86. The van der Waals surface area contributed by atoms with Crippen molar-refractivity contribution in [1.82, 2.24) is 19.5 Å². The van der Waals surface area contributed by atoms with E-state index in [-0.39, 0.29) is 0 Å². The van der Waals surface area contributed by atoms with Crippen molar-refractivity contribution in [2.24, 2.45) is 0 Å². The van der Waals surface area contributed by atoms with E-state index >= 15 is 0 Å². The molecule has 26 heavy (non-hydrogen) atoms. The van der Waals surface area contributed by atoms with Crippen LogP contribution < -0.4 is 10.2 Å². The van der Waals surface area contributed by atoms with E-state index in [1.165, 1.54) is 5.69 Å². The summed E-state index contributed by atoms with van der Waals surface area (Å²) in [6.45, 7) is 7.50. The minimum absolute atomic E-state index is 0.304. The molecule has 1 fully saturated rings. The molecule has 3 aromatic rings. The summed E-state index contributed by atoms with van der Waals surface area (Å²) < 4.78 is 2.79. The number of halogens is 1. The Morgan fingerprint density at radius 2 is 1.92 bits per heavy atom. The van der Waals surface area contributed by atoms with E-state index in [2.05, 4.69) is 78.4 Å². The Hall–Kier alpha value is -2.12. The van der Waals surface area contributed by atoms with Gasteiger partial charge in [-0.2, -0.15) is 5.10 Å². The summed E-state index contributed by atoms with van der Waals surface area (Å²) in [4.78, 5) is 9.47. The standard InChI is InChI=1S/C19H23BrN6/c1-15(23-19-18-17(20)13-22-26(18)8-7-21-19)14-24-9-11-25(12-10-24)16-5-3-2-4-6-16/h2-8,13,15H,9-12,14H2,1H3,(H,21,23). The Kier molecular flexibility index (Phi) is 5.08. The molecule has 0 amide bonds. The maximum Gasteiger partial charge on any atom is 0.153 e. The van der Waals surface area contributed by atoms with Crippen LogP contribution in [0.4, 0.5) is 11.5 Å². The van der Waals surface area contributed by atoms with Crippen LogP contribution in [-0.4, -0.2) is 58.3 Å². The van der Waals surface area contributed by atoms with Gasteiger partial charge in [0, 0.05) is 56.8 Å². The van der Waals surface area contributed by atoms with Gasteiger partial charge in [0.25, 0.3) is 0 Å². The number of nitrogens with zero attached hydrogens (tertiary/aromatic N) is 5. The lowest BCUT2D eigenvalue weighted by Crippen LogP contribution is -2.49. The van der Waals surface area contributed by atoms with Crippen LogP contribution >= 0.6 is 15.9 Å². The molecule has 1 atom stereocenters. The number of hydrogen-bond acceptors (Lipinski definition) is 5. The molecule has 1 aliphatic rings. The van der Waals surface area contributed by atoms with Crippen LogP contribution in [-0.2, 0) is 0 Å². The second-order valence-electron chi connectivity index (χ2n) is 6.73. The van der Waals surface area contributed by atoms with Crippen molar-refractivity contribution < 1.29 is 0 Å². The molecule has 3 heterocycles. The SMILES string of the molecule is CC(CN1CCN(c2ccccc2)CC1)Nc1nccn2ncc(Br)c12.